The Morgan fingerprint density at radius 2 is 1.83 bits per heavy atom. The second-order valence-corrected chi connectivity index (χ2v) is 6.97. The Morgan fingerprint density at radius 1 is 1.12 bits per heavy atom. The van der Waals surface area contributed by atoms with E-state index in [-0.39, 0.29) is 12.1 Å². The summed E-state index contributed by atoms with van der Waals surface area (Å²) in [5.41, 5.74) is -0.459. The Balaban J connectivity index is 3.85. The molecule has 0 aliphatic carbocycles. The molecule has 144 valence electrons. The maximum absolute atomic E-state index is 11.6. The van der Waals surface area contributed by atoms with E-state index in [9.17, 15) is 4.79 Å². The zero-order valence-electron chi connectivity index (χ0n) is 16.3. The lowest BCUT2D eigenvalue weighted by Gasteiger charge is -2.22. The normalized spacial score (nSPS) is 13.1. The zero-order valence-corrected chi connectivity index (χ0v) is 16.3. The van der Waals surface area contributed by atoms with Crippen molar-refractivity contribution in [1.29, 1.82) is 0 Å². The van der Waals surface area contributed by atoms with Gasteiger partial charge in [0.05, 0.1) is 13.2 Å². The number of rotatable bonds is 13. The van der Waals surface area contributed by atoms with Crippen LogP contribution in [0.15, 0.2) is 0 Å². The van der Waals surface area contributed by atoms with Gasteiger partial charge in [0.25, 0.3) is 0 Å². The van der Waals surface area contributed by atoms with Gasteiger partial charge in [-0.15, -0.1) is 0 Å². The number of alkyl carbamates (subject to hydrolysis) is 1. The van der Waals surface area contributed by atoms with Crippen molar-refractivity contribution in [2.24, 2.45) is 0 Å². The predicted octanol–water partition coefficient (Wildman–Crippen LogP) is 1.47. The lowest BCUT2D eigenvalue weighted by atomic mass is 10.1. The Bertz CT molecular complexity index is 321. The molecular formula is C17H37N3O4. The van der Waals surface area contributed by atoms with E-state index in [4.69, 9.17) is 14.2 Å². The molecule has 0 radical (unpaired) electrons. The number of likely N-dealkylation sites (N-methyl/N-ethyl adjacent to an activating group) is 1. The minimum absolute atomic E-state index is 0.284. The molecule has 0 aliphatic heterocycles. The van der Waals surface area contributed by atoms with Crippen molar-refractivity contribution in [2.75, 3.05) is 60.7 Å². The van der Waals surface area contributed by atoms with E-state index >= 15 is 0 Å². The molecule has 7 heteroatoms. The summed E-state index contributed by atoms with van der Waals surface area (Å²) in [6.07, 6.45) is 1.45. The van der Waals surface area contributed by atoms with Crippen molar-refractivity contribution < 1.29 is 19.0 Å². The minimum Gasteiger partial charge on any atom is -0.444 e. The fourth-order valence-electron chi connectivity index (χ4n) is 2.12. The van der Waals surface area contributed by atoms with Crippen LogP contribution in [-0.2, 0) is 14.2 Å². The summed E-state index contributed by atoms with van der Waals surface area (Å²) in [6.45, 7) is 10.4. The van der Waals surface area contributed by atoms with Crippen molar-refractivity contribution in [2.45, 2.75) is 45.3 Å². The van der Waals surface area contributed by atoms with Gasteiger partial charge in [-0.25, -0.2) is 4.79 Å². The number of carbonyl (C=O) groups is 1. The van der Waals surface area contributed by atoms with Crippen LogP contribution in [0.3, 0.4) is 0 Å². The standard InChI is InChI=1S/C17H37N3O4/c1-17(2,3)24-16(21)19-9-7-8-15(14-23-6)18-10-11-20(4)12-13-22-5/h15,18H,7-14H2,1-6H3,(H,19,21). The van der Waals surface area contributed by atoms with E-state index in [2.05, 4.69) is 22.6 Å². The van der Waals surface area contributed by atoms with Gasteiger partial charge in [0.1, 0.15) is 5.60 Å². The summed E-state index contributed by atoms with van der Waals surface area (Å²) in [7, 11) is 5.50. The number of hydrogen-bond donors (Lipinski definition) is 2. The third kappa shape index (κ3) is 14.7. The van der Waals surface area contributed by atoms with Crippen molar-refractivity contribution in [3.8, 4) is 0 Å². The molecule has 0 bridgehead atoms. The van der Waals surface area contributed by atoms with Crippen LogP contribution in [0, 0.1) is 0 Å². The molecule has 1 unspecified atom stereocenters. The number of methoxy groups -OCH3 is 2. The Labute approximate surface area is 147 Å². The minimum atomic E-state index is -0.459. The van der Waals surface area contributed by atoms with Crippen molar-refractivity contribution >= 4 is 6.09 Å². The second-order valence-electron chi connectivity index (χ2n) is 6.97. The van der Waals surface area contributed by atoms with Gasteiger partial charge in [-0.2, -0.15) is 0 Å². The van der Waals surface area contributed by atoms with Crippen LogP contribution < -0.4 is 10.6 Å². The van der Waals surface area contributed by atoms with Crippen molar-refractivity contribution in [1.82, 2.24) is 15.5 Å². The largest absolute Gasteiger partial charge is 0.444 e. The molecule has 0 fully saturated rings. The van der Waals surface area contributed by atoms with Gasteiger partial charge in [-0.1, -0.05) is 0 Å². The Hall–Kier alpha value is -0.890. The lowest BCUT2D eigenvalue weighted by molar-refractivity contribution is 0.0526. The maximum atomic E-state index is 11.6. The first-order valence-corrected chi connectivity index (χ1v) is 8.65. The SMILES string of the molecule is COCCN(C)CCNC(CCCNC(=O)OC(C)(C)C)COC. The fraction of sp³-hybridized carbons (Fsp3) is 0.941. The third-order valence-corrected chi connectivity index (χ3v) is 3.37. The van der Waals surface area contributed by atoms with E-state index in [0.717, 1.165) is 39.1 Å². The highest BCUT2D eigenvalue weighted by molar-refractivity contribution is 5.67. The highest BCUT2D eigenvalue weighted by Gasteiger charge is 2.15. The van der Waals surface area contributed by atoms with Gasteiger partial charge in [0.2, 0.25) is 0 Å². The van der Waals surface area contributed by atoms with Gasteiger partial charge in [-0.3, -0.25) is 0 Å². The van der Waals surface area contributed by atoms with Crippen LogP contribution in [0.1, 0.15) is 33.6 Å². The first kappa shape index (κ1) is 23.1. The maximum Gasteiger partial charge on any atom is 0.407 e. The first-order valence-electron chi connectivity index (χ1n) is 8.65. The highest BCUT2D eigenvalue weighted by atomic mass is 16.6. The molecule has 24 heavy (non-hydrogen) atoms. The fourth-order valence-corrected chi connectivity index (χ4v) is 2.12. The molecule has 7 nitrogen and oxygen atoms in total. The molecule has 2 N–H and O–H groups in total. The first-order chi connectivity index (χ1) is 11.3. The van der Waals surface area contributed by atoms with E-state index in [1.165, 1.54) is 0 Å². The Kier molecular flexibility index (Phi) is 12.9. The summed E-state index contributed by atoms with van der Waals surface area (Å²) < 4.78 is 15.5. The molecule has 1 atom stereocenters. The zero-order chi connectivity index (χ0) is 18.4. The number of nitrogens with one attached hydrogen (secondary N) is 2. The number of amides is 1. The number of hydrogen-bond acceptors (Lipinski definition) is 6. The summed E-state index contributed by atoms with van der Waals surface area (Å²) in [4.78, 5) is 13.8. The molecule has 0 aromatic rings. The molecule has 0 spiro atoms. The molecule has 0 aromatic heterocycles. The molecule has 0 aromatic carbocycles. The van der Waals surface area contributed by atoms with Crippen molar-refractivity contribution in [3.63, 3.8) is 0 Å². The Morgan fingerprint density at radius 3 is 2.42 bits per heavy atom. The summed E-state index contributed by atoms with van der Waals surface area (Å²) >= 11 is 0. The molecule has 0 saturated carbocycles. The summed E-state index contributed by atoms with van der Waals surface area (Å²) in [6, 6.07) is 0.284. The predicted molar refractivity (Wildman–Crippen MR) is 96.5 cm³/mol. The average molecular weight is 348 g/mol. The molecule has 1 amide bonds. The summed E-state index contributed by atoms with van der Waals surface area (Å²) in [5.74, 6) is 0. The topological polar surface area (TPSA) is 72.1 Å². The van der Waals surface area contributed by atoms with Crippen LogP contribution in [0.5, 0.6) is 0 Å². The van der Waals surface area contributed by atoms with Gasteiger partial charge in [0, 0.05) is 46.4 Å². The molecule has 0 rings (SSSR count). The van der Waals surface area contributed by atoms with Gasteiger partial charge in [0.15, 0.2) is 0 Å². The monoisotopic (exact) mass is 347 g/mol. The second kappa shape index (κ2) is 13.4. The van der Waals surface area contributed by atoms with Crippen LogP contribution >= 0.6 is 0 Å². The quantitative estimate of drug-likeness (QED) is 0.492. The number of ether oxygens (including phenoxy) is 3. The highest BCUT2D eigenvalue weighted by Crippen LogP contribution is 2.06. The number of nitrogens with zero attached hydrogens (tertiary/aromatic N) is 1. The van der Waals surface area contributed by atoms with E-state index in [1.54, 1.807) is 14.2 Å². The molecular weight excluding hydrogens is 310 g/mol. The molecule has 0 saturated heterocycles. The van der Waals surface area contributed by atoms with Crippen LogP contribution in [0.4, 0.5) is 4.79 Å². The van der Waals surface area contributed by atoms with Crippen LogP contribution in [0.2, 0.25) is 0 Å². The van der Waals surface area contributed by atoms with E-state index in [0.29, 0.717) is 13.2 Å². The van der Waals surface area contributed by atoms with Gasteiger partial charge < -0.3 is 29.7 Å². The van der Waals surface area contributed by atoms with E-state index in [1.807, 2.05) is 20.8 Å². The summed E-state index contributed by atoms with van der Waals surface area (Å²) in [5, 5.41) is 6.29. The van der Waals surface area contributed by atoms with Crippen LogP contribution in [-0.4, -0.2) is 83.3 Å². The van der Waals surface area contributed by atoms with E-state index < -0.39 is 5.60 Å². The van der Waals surface area contributed by atoms with Gasteiger partial charge in [-0.05, 0) is 40.7 Å². The molecule has 0 heterocycles. The average Bonchev–Trinajstić information content (AvgIpc) is 2.47. The smallest absolute Gasteiger partial charge is 0.407 e. The van der Waals surface area contributed by atoms with Crippen molar-refractivity contribution in [3.05, 3.63) is 0 Å². The third-order valence-electron chi connectivity index (χ3n) is 3.37. The van der Waals surface area contributed by atoms with Crippen LogP contribution in [0.25, 0.3) is 0 Å². The number of carbonyl (C=O) groups excluding carboxylic acids is 1. The lowest BCUT2D eigenvalue weighted by Crippen LogP contribution is -2.39. The molecule has 0 aliphatic rings. The van der Waals surface area contributed by atoms with Gasteiger partial charge >= 0.3 is 6.09 Å².